The molecule has 1 saturated heterocycles. The molecular formula is C13H22N4S. The summed E-state index contributed by atoms with van der Waals surface area (Å²) >= 11 is 1.68. The van der Waals surface area contributed by atoms with Gasteiger partial charge in [0, 0.05) is 49.0 Å². The van der Waals surface area contributed by atoms with Crippen molar-refractivity contribution in [3.8, 4) is 0 Å². The first kappa shape index (κ1) is 13.6. The molecule has 4 nitrogen and oxygen atoms in total. The van der Waals surface area contributed by atoms with Crippen molar-refractivity contribution in [1.82, 2.24) is 14.9 Å². The van der Waals surface area contributed by atoms with E-state index >= 15 is 0 Å². The molecule has 0 radical (unpaired) electrons. The van der Waals surface area contributed by atoms with Crippen LogP contribution in [0.15, 0.2) is 17.3 Å². The van der Waals surface area contributed by atoms with Crippen molar-refractivity contribution in [3.63, 3.8) is 0 Å². The number of hydrogen-bond acceptors (Lipinski definition) is 5. The normalized spacial score (nSPS) is 18.1. The first-order chi connectivity index (χ1) is 8.50. The van der Waals surface area contributed by atoms with Crippen LogP contribution >= 0.6 is 11.8 Å². The molecule has 0 N–H and O–H groups in total. The van der Waals surface area contributed by atoms with Gasteiger partial charge >= 0.3 is 0 Å². The number of piperazine rings is 1. The Balaban J connectivity index is 1.96. The minimum Gasteiger partial charge on any atom is -0.338 e. The van der Waals surface area contributed by atoms with E-state index in [2.05, 4.69) is 40.5 Å². The Morgan fingerprint density at radius 3 is 2.06 bits per heavy atom. The smallest absolute Gasteiger partial charge is 0.225 e. The Bertz CT molecular complexity index is 377. The first-order valence-corrected chi connectivity index (χ1v) is 7.59. The Kier molecular flexibility index (Phi) is 4.12. The Morgan fingerprint density at radius 2 is 1.61 bits per heavy atom. The van der Waals surface area contributed by atoms with Crippen molar-refractivity contribution < 1.29 is 0 Å². The number of anilines is 1. The lowest BCUT2D eigenvalue weighted by Gasteiger charge is -2.42. The second kappa shape index (κ2) is 5.45. The van der Waals surface area contributed by atoms with Gasteiger partial charge in [0.15, 0.2) is 0 Å². The summed E-state index contributed by atoms with van der Waals surface area (Å²) in [6.45, 7) is 11.0. The summed E-state index contributed by atoms with van der Waals surface area (Å²) in [4.78, 5) is 14.8. The molecule has 0 aliphatic carbocycles. The van der Waals surface area contributed by atoms with E-state index in [9.17, 15) is 0 Å². The van der Waals surface area contributed by atoms with Crippen LogP contribution < -0.4 is 4.90 Å². The quantitative estimate of drug-likeness (QED) is 0.766. The van der Waals surface area contributed by atoms with E-state index in [0.29, 0.717) is 0 Å². The number of rotatable bonds is 2. The minimum atomic E-state index is 0.260. The molecule has 5 heteroatoms. The van der Waals surface area contributed by atoms with Crippen molar-refractivity contribution in [2.24, 2.45) is 0 Å². The van der Waals surface area contributed by atoms with E-state index in [1.807, 2.05) is 18.6 Å². The van der Waals surface area contributed by atoms with Gasteiger partial charge in [0.1, 0.15) is 0 Å². The summed E-state index contributed by atoms with van der Waals surface area (Å²) in [7, 11) is 0. The minimum absolute atomic E-state index is 0.260. The predicted octanol–water partition coefficient (Wildman–Crippen LogP) is 2.12. The highest BCUT2D eigenvalue weighted by molar-refractivity contribution is 7.98. The van der Waals surface area contributed by atoms with Crippen LogP contribution in [0.1, 0.15) is 20.8 Å². The summed E-state index contributed by atoms with van der Waals surface area (Å²) in [6.07, 6.45) is 5.85. The summed E-state index contributed by atoms with van der Waals surface area (Å²) in [5.74, 6) is 0.862. The molecule has 0 saturated carbocycles. The molecule has 1 aliphatic heterocycles. The zero-order valence-electron chi connectivity index (χ0n) is 11.7. The summed E-state index contributed by atoms with van der Waals surface area (Å²) in [6, 6.07) is 0. The Labute approximate surface area is 114 Å². The van der Waals surface area contributed by atoms with Gasteiger partial charge in [-0.1, -0.05) is 0 Å². The fourth-order valence-corrected chi connectivity index (χ4v) is 2.47. The number of nitrogens with zero attached hydrogens (tertiary/aromatic N) is 4. The van der Waals surface area contributed by atoms with Gasteiger partial charge in [-0.05, 0) is 27.0 Å². The molecular weight excluding hydrogens is 244 g/mol. The van der Waals surface area contributed by atoms with Crippen LogP contribution in [-0.2, 0) is 0 Å². The standard InChI is InChI=1S/C13H22N4S/c1-13(2,3)17-7-5-16(6-8-17)12-14-9-11(18-4)10-15-12/h9-10H,5-8H2,1-4H3. The maximum atomic E-state index is 4.44. The zero-order valence-corrected chi connectivity index (χ0v) is 12.5. The number of thioether (sulfide) groups is 1. The zero-order chi connectivity index (χ0) is 13.2. The van der Waals surface area contributed by atoms with E-state index in [-0.39, 0.29) is 5.54 Å². The van der Waals surface area contributed by atoms with Crippen molar-refractivity contribution in [2.75, 3.05) is 37.3 Å². The topological polar surface area (TPSA) is 32.3 Å². The Hall–Kier alpha value is -0.810. The van der Waals surface area contributed by atoms with E-state index in [1.54, 1.807) is 11.8 Å². The molecule has 100 valence electrons. The largest absolute Gasteiger partial charge is 0.338 e. The highest BCUT2D eigenvalue weighted by Gasteiger charge is 2.26. The molecule has 18 heavy (non-hydrogen) atoms. The summed E-state index contributed by atoms with van der Waals surface area (Å²) in [5.41, 5.74) is 0.260. The highest BCUT2D eigenvalue weighted by atomic mass is 32.2. The van der Waals surface area contributed by atoms with Gasteiger partial charge in [-0.3, -0.25) is 4.90 Å². The molecule has 0 amide bonds. The third-order valence-corrected chi connectivity index (χ3v) is 4.04. The third kappa shape index (κ3) is 3.14. The van der Waals surface area contributed by atoms with Crippen LogP contribution in [0.3, 0.4) is 0 Å². The highest BCUT2D eigenvalue weighted by Crippen LogP contribution is 2.19. The number of aromatic nitrogens is 2. The molecule has 2 rings (SSSR count). The maximum Gasteiger partial charge on any atom is 0.225 e. The lowest BCUT2D eigenvalue weighted by Crippen LogP contribution is -2.53. The first-order valence-electron chi connectivity index (χ1n) is 6.37. The summed E-state index contributed by atoms with van der Waals surface area (Å²) < 4.78 is 0. The molecule has 2 heterocycles. The van der Waals surface area contributed by atoms with Gasteiger partial charge in [-0.15, -0.1) is 11.8 Å². The van der Waals surface area contributed by atoms with E-state index in [4.69, 9.17) is 0 Å². The van der Waals surface area contributed by atoms with Gasteiger partial charge in [-0.2, -0.15) is 0 Å². The van der Waals surface area contributed by atoms with Gasteiger partial charge in [-0.25, -0.2) is 9.97 Å². The van der Waals surface area contributed by atoms with Gasteiger partial charge in [0.05, 0.1) is 0 Å². The van der Waals surface area contributed by atoms with Crippen molar-refractivity contribution in [1.29, 1.82) is 0 Å². The lowest BCUT2D eigenvalue weighted by atomic mass is 10.1. The van der Waals surface area contributed by atoms with Crippen LogP contribution in [0.4, 0.5) is 5.95 Å². The fourth-order valence-electron chi connectivity index (χ4n) is 2.16. The van der Waals surface area contributed by atoms with Gasteiger partial charge in [0.2, 0.25) is 5.95 Å². The average Bonchev–Trinajstić information content (AvgIpc) is 2.38. The third-order valence-electron chi connectivity index (χ3n) is 3.36. The molecule has 0 unspecified atom stereocenters. The molecule has 1 aliphatic rings. The van der Waals surface area contributed by atoms with Gasteiger partial charge < -0.3 is 4.90 Å². The second-order valence-electron chi connectivity index (χ2n) is 5.57. The van der Waals surface area contributed by atoms with E-state index < -0.39 is 0 Å². The van der Waals surface area contributed by atoms with Crippen LogP contribution in [0.25, 0.3) is 0 Å². The van der Waals surface area contributed by atoms with Crippen LogP contribution in [0, 0.1) is 0 Å². The Morgan fingerprint density at radius 1 is 1.06 bits per heavy atom. The summed E-state index contributed by atoms with van der Waals surface area (Å²) in [5, 5.41) is 0. The molecule has 0 spiro atoms. The van der Waals surface area contributed by atoms with E-state index in [1.165, 1.54) is 0 Å². The van der Waals surface area contributed by atoms with Gasteiger partial charge in [0.25, 0.3) is 0 Å². The molecule has 1 fully saturated rings. The monoisotopic (exact) mass is 266 g/mol. The number of hydrogen-bond donors (Lipinski definition) is 0. The molecule has 0 bridgehead atoms. The molecule has 1 aromatic rings. The lowest BCUT2D eigenvalue weighted by molar-refractivity contribution is 0.128. The second-order valence-corrected chi connectivity index (χ2v) is 6.45. The maximum absolute atomic E-state index is 4.44. The molecule has 0 atom stereocenters. The van der Waals surface area contributed by atoms with Crippen LogP contribution in [-0.4, -0.2) is 52.8 Å². The van der Waals surface area contributed by atoms with Crippen molar-refractivity contribution in [2.45, 2.75) is 31.2 Å². The van der Waals surface area contributed by atoms with Crippen molar-refractivity contribution in [3.05, 3.63) is 12.4 Å². The predicted molar refractivity (Wildman–Crippen MR) is 77.4 cm³/mol. The average molecular weight is 266 g/mol. The van der Waals surface area contributed by atoms with Crippen LogP contribution in [0.5, 0.6) is 0 Å². The van der Waals surface area contributed by atoms with Crippen molar-refractivity contribution >= 4 is 17.7 Å². The van der Waals surface area contributed by atoms with E-state index in [0.717, 1.165) is 37.0 Å². The molecule has 0 aromatic carbocycles. The fraction of sp³-hybridized carbons (Fsp3) is 0.692. The van der Waals surface area contributed by atoms with Crippen LogP contribution in [0.2, 0.25) is 0 Å². The SMILES string of the molecule is CSc1cnc(N2CCN(C(C)(C)C)CC2)nc1. The molecule has 1 aromatic heterocycles.